The summed E-state index contributed by atoms with van der Waals surface area (Å²) in [5.41, 5.74) is 0.803. The van der Waals surface area contributed by atoms with Crippen molar-refractivity contribution in [2.45, 2.75) is 19.9 Å². The Kier molecular flexibility index (Phi) is 4.12. The molecule has 1 rings (SSSR count). The first-order valence-corrected chi connectivity index (χ1v) is 4.54. The van der Waals surface area contributed by atoms with E-state index in [1.54, 1.807) is 24.0 Å². The molecular formula is C9H14N2O3. The van der Waals surface area contributed by atoms with Crippen LogP contribution in [0.25, 0.3) is 0 Å². The van der Waals surface area contributed by atoms with Crippen molar-refractivity contribution in [3.05, 3.63) is 18.0 Å². The normalized spacial score (nSPS) is 10.1. The van der Waals surface area contributed by atoms with E-state index < -0.39 is 0 Å². The van der Waals surface area contributed by atoms with E-state index in [1.807, 2.05) is 0 Å². The van der Waals surface area contributed by atoms with Gasteiger partial charge in [0.1, 0.15) is 0 Å². The van der Waals surface area contributed by atoms with Crippen LogP contribution < -0.4 is 0 Å². The number of aliphatic hydroxyl groups is 1. The average Bonchev–Trinajstić information content (AvgIpc) is 2.53. The Morgan fingerprint density at radius 2 is 2.50 bits per heavy atom. The number of hydrogen-bond acceptors (Lipinski definition) is 4. The van der Waals surface area contributed by atoms with Gasteiger partial charge in [0.2, 0.25) is 0 Å². The molecular weight excluding hydrogens is 184 g/mol. The predicted octanol–water partition coefficient (Wildman–Crippen LogP) is -0.0190. The summed E-state index contributed by atoms with van der Waals surface area (Å²) in [6.45, 7) is 2.65. The molecule has 5 heteroatoms. The second-order valence-corrected chi connectivity index (χ2v) is 2.82. The Hall–Kier alpha value is -1.36. The van der Waals surface area contributed by atoms with Crippen molar-refractivity contribution in [1.82, 2.24) is 9.78 Å². The van der Waals surface area contributed by atoms with Gasteiger partial charge in [0.05, 0.1) is 32.4 Å². The molecule has 0 aliphatic heterocycles. The molecule has 1 aromatic rings. The highest BCUT2D eigenvalue weighted by Crippen LogP contribution is 2.00. The fourth-order valence-corrected chi connectivity index (χ4v) is 1.10. The standard InChI is InChI=1S/C9H14N2O3/c1-2-14-9(13)5-8-6-10-11(7-8)3-4-12/h6-7,12H,2-5H2,1H3. The highest BCUT2D eigenvalue weighted by molar-refractivity contribution is 5.72. The van der Waals surface area contributed by atoms with Crippen molar-refractivity contribution >= 4 is 5.97 Å². The van der Waals surface area contributed by atoms with Crippen LogP contribution in [0.4, 0.5) is 0 Å². The van der Waals surface area contributed by atoms with E-state index in [1.165, 1.54) is 0 Å². The third kappa shape index (κ3) is 3.18. The van der Waals surface area contributed by atoms with Crippen molar-refractivity contribution < 1.29 is 14.6 Å². The smallest absolute Gasteiger partial charge is 0.310 e. The van der Waals surface area contributed by atoms with Gasteiger partial charge in [-0.05, 0) is 6.92 Å². The molecule has 1 aromatic heterocycles. The Balaban J connectivity index is 2.46. The van der Waals surface area contributed by atoms with Crippen LogP contribution in [0.5, 0.6) is 0 Å². The van der Waals surface area contributed by atoms with Crippen LogP contribution in [0.3, 0.4) is 0 Å². The fraction of sp³-hybridized carbons (Fsp3) is 0.556. The summed E-state index contributed by atoms with van der Waals surface area (Å²) in [5.74, 6) is -0.254. The van der Waals surface area contributed by atoms with Gasteiger partial charge >= 0.3 is 5.97 Å². The van der Waals surface area contributed by atoms with Gasteiger partial charge in [-0.25, -0.2) is 0 Å². The van der Waals surface area contributed by atoms with E-state index in [2.05, 4.69) is 5.10 Å². The second kappa shape index (κ2) is 5.39. The highest BCUT2D eigenvalue weighted by atomic mass is 16.5. The number of esters is 1. The lowest BCUT2D eigenvalue weighted by Crippen LogP contribution is -2.07. The molecule has 1 N–H and O–H groups in total. The zero-order valence-electron chi connectivity index (χ0n) is 8.14. The number of carbonyl (C=O) groups is 1. The third-order valence-corrected chi connectivity index (χ3v) is 1.67. The van der Waals surface area contributed by atoms with Gasteiger partial charge in [-0.3, -0.25) is 9.48 Å². The molecule has 0 saturated heterocycles. The molecule has 0 spiro atoms. The van der Waals surface area contributed by atoms with Crippen LogP contribution in [0, 0.1) is 0 Å². The maximum Gasteiger partial charge on any atom is 0.310 e. The molecule has 78 valence electrons. The number of aliphatic hydroxyl groups excluding tert-OH is 1. The molecule has 0 fully saturated rings. The minimum atomic E-state index is -0.254. The summed E-state index contributed by atoms with van der Waals surface area (Å²) in [6.07, 6.45) is 3.57. The van der Waals surface area contributed by atoms with Crippen LogP contribution in [0.2, 0.25) is 0 Å². The molecule has 5 nitrogen and oxygen atoms in total. The van der Waals surface area contributed by atoms with Crippen molar-refractivity contribution in [2.75, 3.05) is 13.2 Å². The first-order chi connectivity index (χ1) is 6.76. The average molecular weight is 198 g/mol. The Labute approximate surface area is 82.3 Å². The van der Waals surface area contributed by atoms with E-state index in [9.17, 15) is 4.79 Å². The lowest BCUT2D eigenvalue weighted by atomic mass is 10.3. The van der Waals surface area contributed by atoms with E-state index in [0.29, 0.717) is 13.2 Å². The fourth-order valence-electron chi connectivity index (χ4n) is 1.10. The van der Waals surface area contributed by atoms with Crippen molar-refractivity contribution in [1.29, 1.82) is 0 Å². The minimum absolute atomic E-state index is 0.0422. The molecule has 0 radical (unpaired) electrons. The molecule has 0 aliphatic carbocycles. The van der Waals surface area contributed by atoms with Gasteiger partial charge < -0.3 is 9.84 Å². The maximum absolute atomic E-state index is 11.1. The van der Waals surface area contributed by atoms with Crippen LogP contribution in [0.15, 0.2) is 12.4 Å². The van der Waals surface area contributed by atoms with Crippen LogP contribution in [-0.2, 0) is 22.5 Å². The quantitative estimate of drug-likeness (QED) is 0.675. The lowest BCUT2D eigenvalue weighted by molar-refractivity contribution is -0.142. The van der Waals surface area contributed by atoms with E-state index in [0.717, 1.165) is 5.56 Å². The topological polar surface area (TPSA) is 64.3 Å². The van der Waals surface area contributed by atoms with Gasteiger partial charge in [-0.15, -0.1) is 0 Å². The molecule has 0 bridgehead atoms. The molecule has 1 heterocycles. The van der Waals surface area contributed by atoms with Gasteiger partial charge in [0, 0.05) is 11.8 Å². The zero-order valence-corrected chi connectivity index (χ0v) is 8.14. The van der Waals surface area contributed by atoms with Gasteiger partial charge in [0.25, 0.3) is 0 Å². The number of hydrogen-bond donors (Lipinski definition) is 1. The molecule has 14 heavy (non-hydrogen) atoms. The number of carbonyl (C=O) groups excluding carboxylic acids is 1. The molecule has 0 aromatic carbocycles. The van der Waals surface area contributed by atoms with Crippen molar-refractivity contribution in [3.8, 4) is 0 Å². The number of ether oxygens (including phenoxy) is 1. The van der Waals surface area contributed by atoms with E-state index >= 15 is 0 Å². The first kappa shape index (κ1) is 10.7. The second-order valence-electron chi connectivity index (χ2n) is 2.82. The van der Waals surface area contributed by atoms with Gasteiger partial charge in [0.15, 0.2) is 0 Å². The van der Waals surface area contributed by atoms with Crippen LogP contribution in [-0.4, -0.2) is 34.1 Å². The van der Waals surface area contributed by atoms with Gasteiger partial charge in [-0.1, -0.05) is 0 Å². The molecule has 0 saturated carbocycles. The van der Waals surface area contributed by atoms with Crippen molar-refractivity contribution in [3.63, 3.8) is 0 Å². The number of rotatable bonds is 5. The monoisotopic (exact) mass is 198 g/mol. The maximum atomic E-state index is 11.1. The van der Waals surface area contributed by atoms with Crippen molar-refractivity contribution in [2.24, 2.45) is 0 Å². The number of nitrogens with zero attached hydrogens (tertiary/aromatic N) is 2. The minimum Gasteiger partial charge on any atom is -0.466 e. The summed E-state index contributed by atoms with van der Waals surface area (Å²) >= 11 is 0. The number of aromatic nitrogens is 2. The molecule has 0 atom stereocenters. The third-order valence-electron chi connectivity index (χ3n) is 1.67. The Morgan fingerprint density at radius 1 is 1.71 bits per heavy atom. The molecule has 0 amide bonds. The predicted molar refractivity (Wildman–Crippen MR) is 49.6 cm³/mol. The summed E-state index contributed by atoms with van der Waals surface area (Å²) in [7, 11) is 0. The lowest BCUT2D eigenvalue weighted by Gasteiger charge is -1.98. The summed E-state index contributed by atoms with van der Waals surface area (Å²) in [6, 6.07) is 0. The first-order valence-electron chi connectivity index (χ1n) is 4.54. The molecule has 0 aliphatic rings. The summed E-state index contributed by atoms with van der Waals surface area (Å²) < 4.78 is 6.38. The largest absolute Gasteiger partial charge is 0.466 e. The van der Waals surface area contributed by atoms with Crippen LogP contribution >= 0.6 is 0 Å². The van der Waals surface area contributed by atoms with E-state index in [4.69, 9.17) is 9.84 Å². The van der Waals surface area contributed by atoms with E-state index in [-0.39, 0.29) is 19.0 Å². The Bertz CT molecular complexity index is 296. The highest BCUT2D eigenvalue weighted by Gasteiger charge is 2.05. The Morgan fingerprint density at radius 3 is 3.14 bits per heavy atom. The SMILES string of the molecule is CCOC(=O)Cc1cnn(CCO)c1. The summed E-state index contributed by atoms with van der Waals surface area (Å²) in [5, 5.41) is 12.6. The van der Waals surface area contributed by atoms with Gasteiger partial charge in [-0.2, -0.15) is 5.10 Å². The zero-order chi connectivity index (χ0) is 10.4. The summed E-state index contributed by atoms with van der Waals surface area (Å²) in [4.78, 5) is 11.1. The molecule has 0 unspecified atom stereocenters. The van der Waals surface area contributed by atoms with Crippen LogP contribution in [0.1, 0.15) is 12.5 Å².